The molecule has 6 nitrogen and oxygen atoms in total. The van der Waals surface area contributed by atoms with E-state index in [9.17, 15) is 9.59 Å². The molecule has 31 heavy (non-hydrogen) atoms. The molecule has 2 aliphatic heterocycles. The molecule has 0 atom stereocenters. The van der Waals surface area contributed by atoms with Crippen molar-refractivity contribution < 1.29 is 9.59 Å². The zero-order valence-electron chi connectivity index (χ0n) is 18.9. The van der Waals surface area contributed by atoms with E-state index in [0.717, 1.165) is 56.3 Å². The standard InChI is InChI=1S/C24H36N4O2S/c1-3-5-14-24(15-6-4-2)22(30)28(23(25)26-24)19-12-16-27(17-13-19)21(29)18-31-20-10-8-7-9-11-20/h7-11,19H,3-6,12-18H2,1-2H3,(H2,25,26). The molecule has 2 N–H and O–H groups in total. The van der Waals surface area contributed by atoms with Crippen LogP contribution in [-0.2, 0) is 9.59 Å². The van der Waals surface area contributed by atoms with Crippen LogP contribution in [0.15, 0.2) is 40.2 Å². The number of piperidine rings is 1. The Morgan fingerprint density at radius 2 is 1.74 bits per heavy atom. The van der Waals surface area contributed by atoms with Crippen LogP contribution in [0.5, 0.6) is 0 Å². The zero-order chi connectivity index (χ0) is 22.3. The van der Waals surface area contributed by atoms with Crippen molar-refractivity contribution in [3.8, 4) is 0 Å². The Kier molecular flexibility index (Phi) is 8.41. The normalized spacial score (nSPS) is 19.0. The Hall–Kier alpha value is -2.02. The minimum atomic E-state index is -0.671. The van der Waals surface area contributed by atoms with Gasteiger partial charge in [0.2, 0.25) is 5.91 Å². The van der Waals surface area contributed by atoms with E-state index in [-0.39, 0.29) is 17.9 Å². The molecule has 170 valence electrons. The lowest BCUT2D eigenvalue weighted by atomic mass is 9.86. The summed E-state index contributed by atoms with van der Waals surface area (Å²) in [7, 11) is 0. The SMILES string of the molecule is CCCCC1(CCCC)N=C(N)N(C2CCN(C(=O)CSc3ccccc3)CC2)C1=O. The predicted molar refractivity (Wildman–Crippen MR) is 127 cm³/mol. The molecule has 1 aromatic rings. The average molecular weight is 445 g/mol. The highest BCUT2D eigenvalue weighted by atomic mass is 32.2. The first kappa shape index (κ1) is 23.6. The quantitative estimate of drug-likeness (QED) is 0.552. The Morgan fingerprint density at radius 3 is 2.32 bits per heavy atom. The van der Waals surface area contributed by atoms with Crippen LogP contribution in [0, 0.1) is 0 Å². The lowest BCUT2D eigenvalue weighted by molar-refractivity contribution is -0.135. The third-order valence-corrected chi connectivity index (χ3v) is 7.36. The highest BCUT2D eigenvalue weighted by Gasteiger charge is 2.49. The van der Waals surface area contributed by atoms with Crippen LogP contribution < -0.4 is 5.73 Å². The number of hydrogen-bond acceptors (Lipinski definition) is 5. The molecule has 2 heterocycles. The van der Waals surface area contributed by atoms with E-state index in [0.29, 0.717) is 24.8 Å². The van der Waals surface area contributed by atoms with Gasteiger partial charge in [0.25, 0.3) is 5.91 Å². The first-order valence-corrected chi connectivity index (χ1v) is 12.6. The molecule has 0 aliphatic carbocycles. The van der Waals surface area contributed by atoms with Crippen LogP contribution in [0.2, 0.25) is 0 Å². The van der Waals surface area contributed by atoms with E-state index in [1.54, 1.807) is 16.7 Å². The molecule has 1 aromatic carbocycles. The second kappa shape index (κ2) is 11.0. The Labute approximate surface area is 190 Å². The summed E-state index contributed by atoms with van der Waals surface area (Å²) in [6, 6.07) is 10.0. The van der Waals surface area contributed by atoms with Gasteiger partial charge in [0, 0.05) is 24.0 Å². The maximum absolute atomic E-state index is 13.5. The fourth-order valence-corrected chi connectivity index (χ4v) is 5.34. The van der Waals surface area contributed by atoms with Crippen LogP contribution in [0.4, 0.5) is 0 Å². The molecule has 2 aliphatic rings. The largest absolute Gasteiger partial charge is 0.369 e. The van der Waals surface area contributed by atoms with Gasteiger partial charge in [-0.3, -0.25) is 14.5 Å². The third-order valence-electron chi connectivity index (χ3n) is 6.37. The van der Waals surface area contributed by atoms with Crippen molar-refractivity contribution in [1.29, 1.82) is 0 Å². The highest BCUT2D eigenvalue weighted by molar-refractivity contribution is 8.00. The number of hydrogen-bond donors (Lipinski definition) is 1. The number of unbranched alkanes of at least 4 members (excludes halogenated alkanes) is 2. The summed E-state index contributed by atoms with van der Waals surface area (Å²) >= 11 is 1.57. The predicted octanol–water partition coefficient (Wildman–Crippen LogP) is 4.05. The first-order valence-electron chi connectivity index (χ1n) is 11.7. The van der Waals surface area contributed by atoms with Gasteiger partial charge in [-0.05, 0) is 37.8 Å². The van der Waals surface area contributed by atoms with Gasteiger partial charge >= 0.3 is 0 Å². The van der Waals surface area contributed by atoms with Gasteiger partial charge in [0.1, 0.15) is 5.54 Å². The Bertz CT molecular complexity index is 767. The summed E-state index contributed by atoms with van der Waals surface area (Å²) in [5, 5.41) is 0. The molecule has 7 heteroatoms. The second-order valence-corrected chi connectivity index (χ2v) is 9.65. The molecule has 2 amide bonds. The maximum atomic E-state index is 13.5. The molecule has 0 spiro atoms. The fourth-order valence-electron chi connectivity index (χ4n) is 4.52. The summed E-state index contributed by atoms with van der Waals surface area (Å²) in [5.41, 5.74) is 5.63. The molecule has 1 saturated heterocycles. The lowest BCUT2D eigenvalue weighted by Crippen LogP contribution is -2.53. The monoisotopic (exact) mass is 444 g/mol. The van der Waals surface area contributed by atoms with E-state index in [4.69, 9.17) is 10.7 Å². The number of nitrogens with zero attached hydrogens (tertiary/aromatic N) is 3. The van der Waals surface area contributed by atoms with Gasteiger partial charge in [0.05, 0.1) is 5.75 Å². The molecule has 0 saturated carbocycles. The molecule has 0 unspecified atom stereocenters. The number of carbonyl (C=O) groups excluding carboxylic acids is 2. The first-order chi connectivity index (χ1) is 15.0. The summed E-state index contributed by atoms with van der Waals surface area (Å²) in [5.74, 6) is 1.05. The van der Waals surface area contributed by atoms with E-state index in [2.05, 4.69) is 13.8 Å². The van der Waals surface area contributed by atoms with Gasteiger partial charge in [-0.1, -0.05) is 57.7 Å². The van der Waals surface area contributed by atoms with Crippen LogP contribution in [0.1, 0.15) is 65.2 Å². The van der Waals surface area contributed by atoms with Crippen molar-refractivity contribution >= 4 is 29.5 Å². The summed E-state index contributed by atoms with van der Waals surface area (Å²) < 4.78 is 0. The van der Waals surface area contributed by atoms with Crippen LogP contribution in [-0.4, -0.2) is 58.0 Å². The third kappa shape index (κ3) is 5.62. The molecular weight excluding hydrogens is 408 g/mol. The Morgan fingerprint density at radius 1 is 1.13 bits per heavy atom. The summed E-state index contributed by atoms with van der Waals surface area (Å²) in [6.45, 7) is 5.60. The van der Waals surface area contributed by atoms with E-state index in [1.165, 1.54) is 0 Å². The number of thioether (sulfide) groups is 1. The average Bonchev–Trinajstić information content (AvgIpc) is 3.05. The van der Waals surface area contributed by atoms with E-state index >= 15 is 0 Å². The second-order valence-electron chi connectivity index (χ2n) is 8.60. The van der Waals surface area contributed by atoms with Gasteiger partial charge in [-0.2, -0.15) is 0 Å². The Balaban J connectivity index is 1.56. The molecule has 0 bridgehead atoms. The van der Waals surface area contributed by atoms with Gasteiger partial charge < -0.3 is 10.6 Å². The number of nitrogens with two attached hydrogens (primary N) is 1. The number of guanidine groups is 1. The number of rotatable bonds is 10. The van der Waals surface area contributed by atoms with Gasteiger partial charge in [-0.15, -0.1) is 11.8 Å². The minimum absolute atomic E-state index is 0.0344. The lowest BCUT2D eigenvalue weighted by Gasteiger charge is -2.37. The van der Waals surface area contributed by atoms with Crippen molar-refractivity contribution in [2.45, 2.75) is 81.7 Å². The van der Waals surface area contributed by atoms with E-state index in [1.807, 2.05) is 35.2 Å². The minimum Gasteiger partial charge on any atom is -0.369 e. The van der Waals surface area contributed by atoms with Crippen molar-refractivity contribution in [2.75, 3.05) is 18.8 Å². The highest BCUT2D eigenvalue weighted by Crippen LogP contribution is 2.35. The maximum Gasteiger partial charge on any atom is 0.257 e. The van der Waals surface area contributed by atoms with Crippen molar-refractivity contribution in [2.24, 2.45) is 10.7 Å². The molecule has 3 rings (SSSR count). The van der Waals surface area contributed by atoms with Crippen LogP contribution in [0.3, 0.4) is 0 Å². The topological polar surface area (TPSA) is 79.0 Å². The number of aliphatic imine (C=N–C) groups is 1. The molecule has 0 radical (unpaired) electrons. The number of amides is 2. The zero-order valence-corrected chi connectivity index (χ0v) is 19.7. The summed E-state index contributed by atoms with van der Waals surface area (Å²) in [4.78, 5) is 35.6. The summed E-state index contributed by atoms with van der Waals surface area (Å²) in [6.07, 6.45) is 7.08. The number of likely N-dealkylation sites (tertiary alicyclic amines) is 1. The smallest absolute Gasteiger partial charge is 0.257 e. The van der Waals surface area contributed by atoms with Crippen molar-refractivity contribution in [1.82, 2.24) is 9.80 Å². The van der Waals surface area contributed by atoms with E-state index < -0.39 is 5.54 Å². The van der Waals surface area contributed by atoms with Crippen molar-refractivity contribution in [3.05, 3.63) is 30.3 Å². The van der Waals surface area contributed by atoms with Gasteiger partial charge in [-0.25, -0.2) is 4.99 Å². The molecular formula is C24H36N4O2S. The fraction of sp³-hybridized carbons (Fsp3) is 0.625. The van der Waals surface area contributed by atoms with Crippen LogP contribution in [0.25, 0.3) is 0 Å². The van der Waals surface area contributed by atoms with Crippen molar-refractivity contribution in [3.63, 3.8) is 0 Å². The molecule has 0 aromatic heterocycles. The van der Waals surface area contributed by atoms with Gasteiger partial charge in [0.15, 0.2) is 5.96 Å². The number of carbonyl (C=O) groups is 2. The number of benzene rings is 1. The molecule has 1 fully saturated rings. The van der Waals surface area contributed by atoms with Crippen LogP contribution >= 0.6 is 11.8 Å².